The van der Waals surface area contributed by atoms with Gasteiger partial charge in [-0.15, -0.1) is 0 Å². The van der Waals surface area contributed by atoms with E-state index in [4.69, 9.17) is 0 Å². The van der Waals surface area contributed by atoms with Crippen molar-refractivity contribution >= 4 is 42.2 Å². The van der Waals surface area contributed by atoms with Gasteiger partial charge in [0.05, 0.1) is 6.04 Å². The summed E-state index contributed by atoms with van der Waals surface area (Å²) in [6.07, 6.45) is 2.85. The van der Waals surface area contributed by atoms with Gasteiger partial charge >= 0.3 is 5.97 Å². The van der Waals surface area contributed by atoms with E-state index in [9.17, 15) is 29.1 Å². The van der Waals surface area contributed by atoms with Crippen LogP contribution >= 0.6 is 12.6 Å². The Balaban J connectivity index is 2.05. The van der Waals surface area contributed by atoms with E-state index in [0.717, 1.165) is 13.0 Å². The fraction of sp³-hybridized carbons (Fsp3) is 0.792. The van der Waals surface area contributed by atoms with E-state index in [1.165, 1.54) is 4.90 Å². The number of nitrogens with zero attached hydrogens (tertiary/aromatic N) is 1. The van der Waals surface area contributed by atoms with E-state index in [1.54, 1.807) is 13.8 Å². The van der Waals surface area contributed by atoms with Gasteiger partial charge in [-0.3, -0.25) is 19.2 Å². The van der Waals surface area contributed by atoms with Gasteiger partial charge in [-0.25, -0.2) is 4.79 Å². The van der Waals surface area contributed by atoms with Gasteiger partial charge in [-0.05, 0) is 50.5 Å². The Morgan fingerprint density at radius 3 is 2.19 bits per heavy atom. The van der Waals surface area contributed by atoms with Crippen molar-refractivity contribution in [1.29, 1.82) is 0 Å². The monoisotopic (exact) mass is 527 g/mol. The Morgan fingerprint density at radius 1 is 0.972 bits per heavy atom. The Hall–Kier alpha value is -2.34. The second-order valence-electron chi connectivity index (χ2n) is 10.3. The first kappa shape index (κ1) is 29.9. The summed E-state index contributed by atoms with van der Waals surface area (Å²) in [5, 5.41) is 20.6. The number of carboxylic acids is 1. The van der Waals surface area contributed by atoms with Gasteiger partial charge in [-0.1, -0.05) is 27.7 Å². The highest BCUT2D eigenvalue weighted by Crippen LogP contribution is 2.20. The first-order chi connectivity index (χ1) is 17.0. The summed E-state index contributed by atoms with van der Waals surface area (Å²) in [7, 11) is 0. The minimum Gasteiger partial charge on any atom is -0.480 e. The van der Waals surface area contributed by atoms with Gasteiger partial charge in [0.15, 0.2) is 0 Å². The first-order valence-electron chi connectivity index (χ1n) is 12.7. The van der Waals surface area contributed by atoms with Crippen molar-refractivity contribution in [2.45, 2.75) is 90.0 Å². The van der Waals surface area contributed by atoms with Crippen molar-refractivity contribution in [3.05, 3.63) is 0 Å². The third kappa shape index (κ3) is 8.09. The molecule has 2 saturated heterocycles. The van der Waals surface area contributed by atoms with Crippen LogP contribution < -0.4 is 21.3 Å². The van der Waals surface area contributed by atoms with Crippen LogP contribution in [0.15, 0.2) is 0 Å². The van der Waals surface area contributed by atoms with Gasteiger partial charge < -0.3 is 31.3 Å². The van der Waals surface area contributed by atoms with Crippen LogP contribution in [0.5, 0.6) is 0 Å². The average molecular weight is 528 g/mol. The van der Waals surface area contributed by atoms with E-state index in [-0.39, 0.29) is 36.0 Å². The molecular weight excluding hydrogens is 486 g/mol. The highest BCUT2D eigenvalue weighted by Gasteiger charge is 2.39. The minimum atomic E-state index is -1.12. The number of carboxylic acid groups (broad SMARTS) is 1. The predicted molar refractivity (Wildman–Crippen MR) is 137 cm³/mol. The van der Waals surface area contributed by atoms with Gasteiger partial charge in [0.2, 0.25) is 23.6 Å². The number of carbonyl (C=O) groups is 5. The fourth-order valence-electron chi connectivity index (χ4n) is 4.61. The van der Waals surface area contributed by atoms with Crippen LogP contribution in [0.2, 0.25) is 0 Å². The van der Waals surface area contributed by atoms with Gasteiger partial charge in [0.25, 0.3) is 0 Å². The van der Waals surface area contributed by atoms with Crippen LogP contribution in [-0.4, -0.2) is 88.7 Å². The number of rotatable bonds is 12. The van der Waals surface area contributed by atoms with Crippen LogP contribution in [-0.2, 0) is 24.0 Å². The molecule has 2 aliphatic rings. The molecule has 36 heavy (non-hydrogen) atoms. The number of likely N-dealkylation sites (tertiary alicyclic amines) is 1. The van der Waals surface area contributed by atoms with E-state index in [2.05, 4.69) is 33.9 Å². The molecular formula is C24H41N5O6S. The minimum absolute atomic E-state index is 0.00343. The maximum absolute atomic E-state index is 13.3. The molecule has 0 aromatic carbocycles. The Kier molecular flexibility index (Phi) is 11.5. The Morgan fingerprint density at radius 2 is 1.67 bits per heavy atom. The zero-order chi connectivity index (χ0) is 27.0. The maximum atomic E-state index is 13.3. The van der Waals surface area contributed by atoms with Gasteiger partial charge in [0, 0.05) is 12.3 Å². The van der Waals surface area contributed by atoms with Crippen molar-refractivity contribution in [3.63, 3.8) is 0 Å². The topological polar surface area (TPSA) is 157 Å². The predicted octanol–water partition coefficient (Wildman–Crippen LogP) is -0.0997. The molecule has 0 bridgehead atoms. The number of aliphatic carboxylic acids is 1. The molecule has 0 radical (unpaired) electrons. The molecule has 2 aliphatic heterocycles. The largest absolute Gasteiger partial charge is 0.480 e. The summed E-state index contributed by atoms with van der Waals surface area (Å²) in [5.41, 5.74) is 0. The van der Waals surface area contributed by atoms with Crippen LogP contribution in [0.25, 0.3) is 0 Å². The lowest BCUT2D eigenvalue weighted by Crippen LogP contribution is -2.59. The molecule has 0 aromatic heterocycles. The average Bonchev–Trinajstić information content (AvgIpc) is 3.51. The summed E-state index contributed by atoms with van der Waals surface area (Å²) in [5.74, 6) is -2.99. The van der Waals surface area contributed by atoms with E-state index in [1.807, 2.05) is 13.8 Å². The zero-order valence-corrected chi connectivity index (χ0v) is 22.5. The number of nitrogens with one attached hydrogen (secondary N) is 4. The van der Waals surface area contributed by atoms with Gasteiger partial charge in [0.1, 0.15) is 24.2 Å². The maximum Gasteiger partial charge on any atom is 0.326 e. The smallest absolute Gasteiger partial charge is 0.326 e. The molecule has 2 heterocycles. The second kappa shape index (κ2) is 13.8. The number of hydrogen-bond acceptors (Lipinski definition) is 7. The highest BCUT2D eigenvalue weighted by molar-refractivity contribution is 7.80. The lowest BCUT2D eigenvalue weighted by Gasteiger charge is -2.30. The zero-order valence-electron chi connectivity index (χ0n) is 21.6. The molecule has 204 valence electrons. The second-order valence-corrected chi connectivity index (χ2v) is 10.7. The molecule has 5 atom stereocenters. The standard InChI is InChI=1S/C24H41N5O6S/c1-13(2)11-16(24(34)35)26-21(31)18-8-6-10-29(18)23(33)17(12-36)27-22(32)19(14(3)4)28-20(30)15-7-5-9-25-15/h13-19,25,36H,5-12H2,1-4H3,(H,26,31)(H,27,32)(H,28,30)(H,34,35). The molecule has 5 N–H and O–H groups in total. The van der Waals surface area contributed by atoms with E-state index < -0.39 is 47.9 Å². The number of amides is 4. The first-order valence-corrected chi connectivity index (χ1v) is 13.4. The van der Waals surface area contributed by atoms with Crippen molar-refractivity contribution in [2.24, 2.45) is 11.8 Å². The van der Waals surface area contributed by atoms with Crippen LogP contribution in [0.1, 0.15) is 59.8 Å². The molecule has 5 unspecified atom stereocenters. The molecule has 0 aromatic rings. The number of hydrogen-bond donors (Lipinski definition) is 6. The SMILES string of the molecule is CC(C)CC(NC(=O)C1CCCN1C(=O)C(CS)NC(=O)C(NC(=O)C1CCCN1)C(C)C)C(=O)O. The van der Waals surface area contributed by atoms with Crippen molar-refractivity contribution in [2.75, 3.05) is 18.8 Å². The quantitative estimate of drug-likeness (QED) is 0.194. The fourth-order valence-corrected chi connectivity index (χ4v) is 4.86. The summed E-state index contributed by atoms with van der Waals surface area (Å²) in [6.45, 7) is 8.41. The molecule has 0 aliphatic carbocycles. The van der Waals surface area contributed by atoms with Crippen LogP contribution in [0, 0.1) is 11.8 Å². The van der Waals surface area contributed by atoms with Crippen LogP contribution in [0.4, 0.5) is 0 Å². The molecule has 11 nitrogen and oxygen atoms in total. The number of carbonyl (C=O) groups excluding carboxylic acids is 4. The molecule has 0 spiro atoms. The third-order valence-corrected chi connectivity index (χ3v) is 6.95. The summed E-state index contributed by atoms with van der Waals surface area (Å²) < 4.78 is 0. The van der Waals surface area contributed by atoms with Gasteiger partial charge in [-0.2, -0.15) is 12.6 Å². The van der Waals surface area contributed by atoms with E-state index in [0.29, 0.717) is 25.8 Å². The Labute approximate surface area is 218 Å². The highest BCUT2D eigenvalue weighted by atomic mass is 32.1. The van der Waals surface area contributed by atoms with Crippen molar-refractivity contribution < 1.29 is 29.1 Å². The summed E-state index contributed by atoms with van der Waals surface area (Å²) >= 11 is 4.25. The Bertz CT molecular complexity index is 817. The summed E-state index contributed by atoms with van der Waals surface area (Å²) in [4.78, 5) is 64.8. The molecule has 4 amide bonds. The normalized spacial score (nSPS) is 22.2. The van der Waals surface area contributed by atoms with Crippen LogP contribution in [0.3, 0.4) is 0 Å². The molecule has 12 heteroatoms. The molecule has 0 saturated carbocycles. The number of thiol groups is 1. The van der Waals surface area contributed by atoms with Crippen molar-refractivity contribution in [1.82, 2.24) is 26.2 Å². The van der Waals surface area contributed by atoms with Crippen molar-refractivity contribution in [3.8, 4) is 0 Å². The molecule has 2 fully saturated rings. The summed E-state index contributed by atoms with van der Waals surface area (Å²) in [6, 6.07) is -4.03. The third-order valence-electron chi connectivity index (χ3n) is 6.58. The lowest BCUT2D eigenvalue weighted by molar-refractivity contribution is -0.145. The molecule has 2 rings (SSSR count). The lowest BCUT2D eigenvalue weighted by atomic mass is 10.0. The van der Waals surface area contributed by atoms with E-state index >= 15 is 0 Å².